The Labute approximate surface area is 93.2 Å². The third-order valence-electron chi connectivity index (χ3n) is 3.46. The number of carboxylic acids is 2. The van der Waals surface area contributed by atoms with Gasteiger partial charge < -0.3 is 15.5 Å². The van der Waals surface area contributed by atoms with Crippen LogP contribution < -0.4 is 5.32 Å². The van der Waals surface area contributed by atoms with Crippen LogP contribution in [-0.2, 0) is 9.59 Å². The minimum absolute atomic E-state index is 0.180. The van der Waals surface area contributed by atoms with Crippen molar-refractivity contribution in [3.63, 3.8) is 0 Å². The topological polar surface area (TPSA) is 89.9 Å². The van der Waals surface area contributed by atoms with Gasteiger partial charge in [0, 0.05) is 6.04 Å². The number of carbonyl (C=O) groups is 2. The number of nitrogens with zero attached hydrogens (tertiary/aromatic N) is 1. The molecule has 0 saturated carbocycles. The van der Waals surface area contributed by atoms with E-state index in [9.17, 15) is 9.59 Å². The summed E-state index contributed by atoms with van der Waals surface area (Å²) in [6.07, 6.45) is 2.17. The molecule has 0 aromatic heterocycles. The van der Waals surface area contributed by atoms with E-state index in [0.29, 0.717) is 25.9 Å². The molecule has 2 saturated heterocycles. The molecule has 2 heterocycles. The van der Waals surface area contributed by atoms with Gasteiger partial charge in [0.05, 0.1) is 0 Å². The molecule has 0 spiro atoms. The minimum atomic E-state index is -0.890. The largest absolute Gasteiger partial charge is 0.480 e. The van der Waals surface area contributed by atoms with E-state index in [-0.39, 0.29) is 6.04 Å². The van der Waals surface area contributed by atoms with E-state index in [4.69, 9.17) is 10.2 Å². The second-order valence-electron chi connectivity index (χ2n) is 4.36. The van der Waals surface area contributed by atoms with Crippen molar-refractivity contribution in [2.75, 3.05) is 13.1 Å². The van der Waals surface area contributed by atoms with Crippen LogP contribution in [0.2, 0.25) is 0 Å². The lowest BCUT2D eigenvalue weighted by molar-refractivity contribution is -0.146. The Morgan fingerprint density at radius 1 is 1.19 bits per heavy atom. The van der Waals surface area contributed by atoms with Crippen LogP contribution in [0.4, 0.5) is 0 Å². The van der Waals surface area contributed by atoms with Crippen LogP contribution in [0.3, 0.4) is 0 Å². The van der Waals surface area contributed by atoms with E-state index in [0.717, 1.165) is 6.42 Å². The lowest BCUT2D eigenvalue weighted by Gasteiger charge is -2.30. The van der Waals surface area contributed by atoms with Crippen LogP contribution in [0.1, 0.15) is 19.3 Å². The number of carboxylic acid groups (broad SMARTS) is 2. The Kier molecular flexibility index (Phi) is 3.11. The number of hydrogen-bond donors (Lipinski definition) is 3. The van der Waals surface area contributed by atoms with Crippen LogP contribution in [0.5, 0.6) is 0 Å². The van der Waals surface area contributed by atoms with Gasteiger partial charge in [-0.25, -0.2) is 0 Å². The molecule has 2 aliphatic rings. The molecule has 2 fully saturated rings. The predicted octanol–water partition coefficient (Wildman–Crippen LogP) is -0.649. The molecule has 0 aliphatic carbocycles. The first-order valence-electron chi connectivity index (χ1n) is 5.56. The minimum Gasteiger partial charge on any atom is -0.480 e. The van der Waals surface area contributed by atoms with E-state index in [1.165, 1.54) is 0 Å². The zero-order valence-electron chi connectivity index (χ0n) is 8.93. The zero-order chi connectivity index (χ0) is 11.7. The first-order chi connectivity index (χ1) is 7.61. The highest BCUT2D eigenvalue weighted by Gasteiger charge is 2.43. The number of rotatable bonds is 3. The second-order valence-corrected chi connectivity index (χ2v) is 4.36. The Hall–Kier alpha value is -1.14. The predicted molar refractivity (Wildman–Crippen MR) is 55.2 cm³/mol. The van der Waals surface area contributed by atoms with Gasteiger partial charge in [-0.3, -0.25) is 14.5 Å². The lowest BCUT2D eigenvalue weighted by Crippen LogP contribution is -2.51. The third-order valence-corrected chi connectivity index (χ3v) is 3.46. The van der Waals surface area contributed by atoms with Crippen LogP contribution >= 0.6 is 0 Å². The van der Waals surface area contributed by atoms with Crippen molar-refractivity contribution in [3.8, 4) is 0 Å². The fourth-order valence-electron chi connectivity index (χ4n) is 2.75. The van der Waals surface area contributed by atoms with Crippen molar-refractivity contribution in [1.29, 1.82) is 0 Å². The molecule has 3 atom stereocenters. The monoisotopic (exact) mass is 228 g/mol. The third kappa shape index (κ3) is 1.90. The van der Waals surface area contributed by atoms with Crippen molar-refractivity contribution < 1.29 is 19.8 Å². The molecule has 0 bridgehead atoms. The molecule has 90 valence electrons. The molecule has 2 rings (SSSR count). The summed E-state index contributed by atoms with van der Waals surface area (Å²) in [7, 11) is 0. The average molecular weight is 228 g/mol. The van der Waals surface area contributed by atoms with Gasteiger partial charge in [-0.2, -0.15) is 0 Å². The van der Waals surface area contributed by atoms with Gasteiger partial charge in [-0.15, -0.1) is 0 Å². The summed E-state index contributed by atoms with van der Waals surface area (Å²) in [6.45, 7) is 1.33. The number of aliphatic carboxylic acids is 2. The standard InChI is InChI=1S/C10H16N2O4/c13-9(14)7-2-1-5-12(7)6-3-4-11-8(6)10(15)16/h6-8,11H,1-5H2,(H,13,14)(H,15,16)/t6?,7-,8-/m0/s1. The lowest BCUT2D eigenvalue weighted by atomic mass is 10.1. The van der Waals surface area contributed by atoms with Gasteiger partial charge in [-0.05, 0) is 32.4 Å². The van der Waals surface area contributed by atoms with Gasteiger partial charge in [-0.1, -0.05) is 0 Å². The molecule has 6 nitrogen and oxygen atoms in total. The van der Waals surface area contributed by atoms with Crippen molar-refractivity contribution in [2.24, 2.45) is 0 Å². The van der Waals surface area contributed by atoms with Crippen molar-refractivity contribution in [3.05, 3.63) is 0 Å². The molecule has 3 N–H and O–H groups in total. The fraction of sp³-hybridized carbons (Fsp3) is 0.800. The summed E-state index contributed by atoms with van der Waals surface area (Å²) < 4.78 is 0. The van der Waals surface area contributed by atoms with Gasteiger partial charge in [0.1, 0.15) is 12.1 Å². The summed E-state index contributed by atoms with van der Waals surface area (Å²) in [6, 6.07) is -1.31. The molecular weight excluding hydrogens is 212 g/mol. The highest BCUT2D eigenvalue weighted by atomic mass is 16.4. The molecular formula is C10H16N2O4. The molecule has 0 radical (unpaired) electrons. The molecule has 6 heteroatoms. The highest BCUT2D eigenvalue weighted by Crippen LogP contribution is 2.25. The van der Waals surface area contributed by atoms with Gasteiger partial charge >= 0.3 is 11.9 Å². The summed E-state index contributed by atoms with van der Waals surface area (Å²) >= 11 is 0. The Balaban J connectivity index is 2.11. The van der Waals surface area contributed by atoms with E-state index in [1.54, 1.807) is 0 Å². The van der Waals surface area contributed by atoms with Crippen molar-refractivity contribution in [1.82, 2.24) is 10.2 Å². The maximum atomic E-state index is 11.0. The van der Waals surface area contributed by atoms with E-state index >= 15 is 0 Å². The summed E-state index contributed by atoms with van der Waals surface area (Å²) in [5.74, 6) is -1.73. The Morgan fingerprint density at radius 3 is 2.56 bits per heavy atom. The first-order valence-corrected chi connectivity index (χ1v) is 5.56. The summed E-state index contributed by atoms with van der Waals surface area (Å²) in [5.41, 5.74) is 0. The number of likely N-dealkylation sites (tertiary alicyclic amines) is 1. The Morgan fingerprint density at radius 2 is 1.94 bits per heavy atom. The van der Waals surface area contributed by atoms with E-state index in [1.807, 2.05) is 4.90 Å². The van der Waals surface area contributed by atoms with Crippen molar-refractivity contribution in [2.45, 2.75) is 37.4 Å². The zero-order valence-corrected chi connectivity index (χ0v) is 8.93. The number of nitrogens with one attached hydrogen (secondary N) is 1. The maximum Gasteiger partial charge on any atom is 0.322 e. The second kappa shape index (κ2) is 4.39. The Bertz CT molecular complexity index is 277. The van der Waals surface area contributed by atoms with Crippen LogP contribution in [-0.4, -0.2) is 58.3 Å². The van der Waals surface area contributed by atoms with Crippen LogP contribution in [0.15, 0.2) is 0 Å². The van der Waals surface area contributed by atoms with Crippen LogP contribution in [0, 0.1) is 0 Å². The molecule has 2 aliphatic heterocycles. The highest BCUT2D eigenvalue weighted by molar-refractivity contribution is 5.76. The summed E-state index contributed by atoms with van der Waals surface area (Å²) in [5, 5.41) is 21.0. The van der Waals surface area contributed by atoms with Gasteiger partial charge in [0.25, 0.3) is 0 Å². The molecule has 0 aromatic rings. The molecule has 0 amide bonds. The molecule has 1 unspecified atom stereocenters. The SMILES string of the molecule is O=C(O)[C@H]1NCCC1N1CCC[C@H]1C(=O)O. The quantitative estimate of drug-likeness (QED) is 0.595. The van der Waals surface area contributed by atoms with E-state index in [2.05, 4.69) is 5.32 Å². The molecule has 16 heavy (non-hydrogen) atoms. The summed E-state index contributed by atoms with van der Waals surface area (Å²) in [4.78, 5) is 23.9. The maximum absolute atomic E-state index is 11.0. The average Bonchev–Trinajstić information content (AvgIpc) is 2.85. The van der Waals surface area contributed by atoms with Gasteiger partial charge in [0.15, 0.2) is 0 Å². The molecule has 0 aromatic carbocycles. The van der Waals surface area contributed by atoms with Gasteiger partial charge in [0.2, 0.25) is 0 Å². The van der Waals surface area contributed by atoms with Crippen LogP contribution in [0.25, 0.3) is 0 Å². The number of hydrogen-bond acceptors (Lipinski definition) is 4. The van der Waals surface area contributed by atoms with Crippen molar-refractivity contribution >= 4 is 11.9 Å². The first kappa shape index (κ1) is 11.3. The smallest absolute Gasteiger partial charge is 0.322 e. The van der Waals surface area contributed by atoms with E-state index < -0.39 is 24.0 Å². The normalized spacial score (nSPS) is 35.4. The fourth-order valence-corrected chi connectivity index (χ4v) is 2.75.